The molecule has 0 aromatic rings. The maximum Gasteiger partial charge on any atom is 0.0339 e. The van der Waals surface area contributed by atoms with Gasteiger partial charge in [0, 0.05) is 18.5 Å². The average molecular weight is 233 g/mol. The number of rotatable bonds is 7. The predicted octanol–water partition coefficient (Wildman–Crippen LogP) is 2.33. The summed E-state index contributed by atoms with van der Waals surface area (Å²) in [5.74, 6) is 0.823. The van der Waals surface area contributed by atoms with Crippen molar-refractivity contribution in [3.63, 3.8) is 0 Å². The first-order valence-corrected chi connectivity index (χ1v) is 6.77. The highest BCUT2D eigenvalue weighted by molar-refractivity contribution is 6.20. The van der Waals surface area contributed by atoms with Crippen LogP contribution in [0.25, 0.3) is 0 Å². The lowest BCUT2D eigenvalue weighted by atomic mass is 10.1. The topological polar surface area (TPSA) is 15.3 Å². The molecule has 0 amide bonds. The molecular formula is C12H25ClN2. The summed E-state index contributed by atoms with van der Waals surface area (Å²) < 4.78 is 0. The Balaban J connectivity index is 1.97. The van der Waals surface area contributed by atoms with Gasteiger partial charge in [-0.2, -0.15) is 0 Å². The summed E-state index contributed by atoms with van der Waals surface area (Å²) in [4.78, 5) is 2.45. The van der Waals surface area contributed by atoms with Crippen LogP contribution in [0.1, 0.15) is 33.1 Å². The largest absolute Gasteiger partial charge is 0.315 e. The van der Waals surface area contributed by atoms with Gasteiger partial charge in [0.2, 0.25) is 0 Å². The second-order valence-electron chi connectivity index (χ2n) is 4.51. The summed E-state index contributed by atoms with van der Waals surface area (Å²) in [5, 5.41) is 3.99. The fraction of sp³-hybridized carbons (Fsp3) is 1.00. The van der Waals surface area contributed by atoms with Gasteiger partial charge in [0.15, 0.2) is 0 Å². The molecule has 0 radical (unpaired) electrons. The van der Waals surface area contributed by atoms with Crippen molar-refractivity contribution in [2.45, 2.75) is 38.5 Å². The zero-order valence-corrected chi connectivity index (χ0v) is 10.9. The van der Waals surface area contributed by atoms with Crippen molar-refractivity contribution < 1.29 is 0 Å². The predicted molar refractivity (Wildman–Crippen MR) is 67.6 cm³/mol. The van der Waals surface area contributed by atoms with E-state index in [1.807, 2.05) is 0 Å². The van der Waals surface area contributed by atoms with Gasteiger partial charge in [-0.25, -0.2) is 0 Å². The Kier molecular flexibility index (Phi) is 6.62. The van der Waals surface area contributed by atoms with Crippen molar-refractivity contribution in [3.8, 4) is 0 Å². The molecule has 1 aliphatic rings. The minimum absolute atomic E-state index is 0.444. The van der Waals surface area contributed by atoms with Crippen molar-refractivity contribution in [3.05, 3.63) is 0 Å². The van der Waals surface area contributed by atoms with Gasteiger partial charge in [0.05, 0.1) is 0 Å². The van der Waals surface area contributed by atoms with Crippen LogP contribution < -0.4 is 5.32 Å². The molecule has 3 heteroatoms. The number of likely N-dealkylation sites (N-methyl/N-ethyl adjacent to an activating group) is 1. The average Bonchev–Trinajstić information content (AvgIpc) is 2.65. The molecule has 1 rings (SSSR count). The van der Waals surface area contributed by atoms with Gasteiger partial charge in [0.25, 0.3) is 0 Å². The minimum Gasteiger partial charge on any atom is -0.315 e. The van der Waals surface area contributed by atoms with E-state index in [1.54, 1.807) is 0 Å². The summed E-state index contributed by atoms with van der Waals surface area (Å²) in [7, 11) is 0. The van der Waals surface area contributed by atoms with Crippen molar-refractivity contribution in [1.82, 2.24) is 10.2 Å². The van der Waals surface area contributed by atoms with E-state index in [1.165, 1.54) is 25.8 Å². The van der Waals surface area contributed by atoms with E-state index < -0.39 is 0 Å². The van der Waals surface area contributed by atoms with Gasteiger partial charge >= 0.3 is 0 Å². The Bertz CT molecular complexity index is 160. The first-order chi connectivity index (χ1) is 7.26. The quantitative estimate of drug-likeness (QED) is 0.536. The lowest BCUT2D eigenvalue weighted by molar-refractivity contribution is 0.299. The third-order valence-corrected chi connectivity index (χ3v) is 3.81. The molecular weight excluding hydrogens is 208 g/mol. The van der Waals surface area contributed by atoms with E-state index >= 15 is 0 Å². The summed E-state index contributed by atoms with van der Waals surface area (Å²) in [6.45, 7) is 10.2. The van der Waals surface area contributed by atoms with E-state index in [-0.39, 0.29) is 0 Å². The number of hydrogen-bond acceptors (Lipinski definition) is 2. The van der Waals surface area contributed by atoms with E-state index in [0.717, 1.165) is 32.1 Å². The summed E-state index contributed by atoms with van der Waals surface area (Å²) >= 11 is 6.08. The fourth-order valence-electron chi connectivity index (χ4n) is 2.28. The third kappa shape index (κ3) is 5.19. The summed E-state index contributed by atoms with van der Waals surface area (Å²) in [6, 6.07) is 0. The van der Waals surface area contributed by atoms with Crippen LogP contribution >= 0.6 is 11.6 Å². The second-order valence-corrected chi connectivity index (χ2v) is 5.12. The highest BCUT2D eigenvalue weighted by Gasteiger charge is 2.21. The molecule has 1 aliphatic carbocycles. The molecule has 15 heavy (non-hydrogen) atoms. The highest BCUT2D eigenvalue weighted by atomic mass is 35.5. The van der Waals surface area contributed by atoms with Crippen LogP contribution in [0.5, 0.6) is 0 Å². The van der Waals surface area contributed by atoms with Gasteiger partial charge in [-0.1, -0.05) is 13.8 Å². The maximum absolute atomic E-state index is 6.08. The van der Waals surface area contributed by atoms with Crippen LogP contribution in [0.4, 0.5) is 0 Å². The van der Waals surface area contributed by atoms with Crippen molar-refractivity contribution >= 4 is 11.6 Å². The Morgan fingerprint density at radius 2 is 2.00 bits per heavy atom. The molecule has 0 bridgehead atoms. The highest BCUT2D eigenvalue weighted by Crippen LogP contribution is 2.28. The van der Waals surface area contributed by atoms with Gasteiger partial charge in [0.1, 0.15) is 0 Å². The normalized spacial score (nSPS) is 26.4. The van der Waals surface area contributed by atoms with Gasteiger partial charge < -0.3 is 10.2 Å². The van der Waals surface area contributed by atoms with Gasteiger partial charge in [-0.15, -0.1) is 11.6 Å². The number of hydrogen-bond donors (Lipinski definition) is 1. The van der Waals surface area contributed by atoms with Crippen LogP contribution in [-0.4, -0.2) is 43.0 Å². The molecule has 2 unspecified atom stereocenters. The molecule has 1 N–H and O–H groups in total. The lowest BCUT2D eigenvalue weighted by Crippen LogP contribution is -2.33. The van der Waals surface area contributed by atoms with E-state index in [2.05, 4.69) is 24.1 Å². The molecule has 1 fully saturated rings. The summed E-state index contributed by atoms with van der Waals surface area (Å²) in [5.41, 5.74) is 0. The lowest BCUT2D eigenvalue weighted by Gasteiger charge is -2.19. The molecule has 90 valence electrons. The second kappa shape index (κ2) is 7.48. The van der Waals surface area contributed by atoms with Gasteiger partial charge in [-0.05, 0) is 44.8 Å². The SMILES string of the molecule is CCN(CC)CCNCC1CCC(Cl)C1. The Hall–Kier alpha value is 0.210. The molecule has 0 heterocycles. The van der Waals surface area contributed by atoms with Gasteiger partial charge in [-0.3, -0.25) is 0 Å². The Morgan fingerprint density at radius 1 is 1.27 bits per heavy atom. The Morgan fingerprint density at radius 3 is 2.53 bits per heavy atom. The molecule has 0 aliphatic heterocycles. The zero-order valence-electron chi connectivity index (χ0n) is 10.1. The van der Waals surface area contributed by atoms with Crippen LogP contribution in [0.15, 0.2) is 0 Å². The van der Waals surface area contributed by atoms with Crippen molar-refractivity contribution in [1.29, 1.82) is 0 Å². The van der Waals surface area contributed by atoms with Crippen LogP contribution in [0.3, 0.4) is 0 Å². The monoisotopic (exact) mass is 232 g/mol. The summed E-state index contributed by atoms with van der Waals surface area (Å²) in [6.07, 6.45) is 3.73. The van der Waals surface area contributed by atoms with E-state index in [9.17, 15) is 0 Å². The van der Waals surface area contributed by atoms with E-state index in [0.29, 0.717) is 5.38 Å². The molecule has 0 aromatic carbocycles. The van der Waals surface area contributed by atoms with E-state index in [4.69, 9.17) is 11.6 Å². The molecule has 2 atom stereocenters. The number of nitrogens with one attached hydrogen (secondary N) is 1. The number of alkyl halides is 1. The molecule has 0 aromatic heterocycles. The van der Waals surface area contributed by atoms with Crippen LogP contribution in [-0.2, 0) is 0 Å². The maximum atomic E-state index is 6.08. The van der Waals surface area contributed by atoms with Crippen LogP contribution in [0.2, 0.25) is 0 Å². The Labute approximate surface area is 99.4 Å². The zero-order chi connectivity index (χ0) is 11.1. The third-order valence-electron chi connectivity index (χ3n) is 3.41. The molecule has 1 saturated carbocycles. The number of halogens is 1. The smallest absolute Gasteiger partial charge is 0.0339 e. The first-order valence-electron chi connectivity index (χ1n) is 6.33. The molecule has 0 spiro atoms. The number of nitrogens with zero attached hydrogens (tertiary/aromatic N) is 1. The van der Waals surface area contributed by atoms with Crippen LogP contribution in [0, 0.1) is 5.92 Å². The van der Waals surface area contributed by atoms with Crippen molar-refractivity contribution in [2.24, 2.45) is 5.92 Å². The first kappa shape index (κ1) is 13.3. The minimum atomic E-state index is 0.444. The fourth-order valence-corrected chi connectivity index (χ4v) is 2.66. The molecule has 0 saturated heterocycles. The standard InChI is InChI=1S/C12H25ClN2/c1-3-15(4-2)8-7-14-10-11-5-6-12(13)9-11/h11-12,14H,3-10H2,1-2H3. The molecule has 2 nitrogen and oxygen atoms in total. The van der Waals surface area contributed by atoms with Crippen molar-refractivity contribution in [2.75, 3.05) is 32.7 Å².